The molecule has 1 N–H and O–H groups in total. The second-order valence-corrected chi connectivity index (χ2v) is 8.83. The van der Waals surface area contributed by atoms with Crippen molar-refractivity contribution in [2.24, 2.45) is 5.92 Å². The summed E-state index contributed by atoms with van der Waals surface area (Å²) in [6.45, 7) is 2.30. The fourth-order valence-electron chi connectivity index (χ4n) is 2.93. The van der Waals surface area contributed by atoms with E-state index in [0.29, 0.717) is 10.9 Å². The normalized spacial score (nSPS) is 17.0. The molecule has 1 aliphatic rings. The molecule has 0 aromatic carbocycles. The van der Waals surface area contributed by atoms with E-state index >= 15 is 0 Å². The maximum atomic E-state index is 12.1. The second-order valence-electron chi connectivity index (χ2n) is 5.88. The first-order valence-corrected chi connectivity index (χ1v) is 10.5. The summed E-state index contributed by atoms with van der Waals surface area (Å²) in [6, 6.07) is 0. The van der Waals surface area contributed by atoms with E-state index in [1.165, 1.54) is 40.0 Å². The molecule has 0 saturated carbocycles. The molecule has 8 heteroatoms. The van der Waals surface area contributed by atoms with Crippen LogP contribution in [0.25, 0.3) is 10.2 Å². The molecule has 0 bridgehead atoms. The maximum absolute atomic E-state index is 12.1. The molecule has 3 heterocycles. The SMILES string of the molecule is CC1CCc2c(sc3ncnc(SCC(=O)Nc4nccs4)c23)C1. The van der Waals surface area contributed by atoms with Crippen molar-refractivity contribution in [3.8, 4) is 0 Å². The van der Waals surface area contributed by atoms with E-state index in [1.807, 2.05) is 5.38 Å². The Kier molecular flexibility index (Phi) is 4.51. The summed E-state index contributed by atoms with van der Waals surface area (Å²) < 4.78 is 0. The molecule has 1 aliphatic carbocycles. The number of amides is 1. The van der Waals surface area contributed by atoms with Crippen LogP contribution >= 0.6 is 34.4 Å². The number of thiazole rings is 1. The number of hydrogen-bond donors (Lipinski definition) is 1. The lowest BCUT2D eigenvalue weighted by Gasteiger charge is -2.18. The van der Waals surface area contributed by atoms with Crippen molar-refractivity contribution in [3.05, 3.63) is 28.3 Å². The molecular weight excluding hydrogens is 360 g/mol. The Morgan fingerprint density at radius 1 is 1.42 bits per heavy atom. The third-order valence-electron chi connectivity index (χ3n) is 4.08. The predicted molar refractivity (Wildman–Crippen MR) is 100 cm³/mol. The first-order valence-electron chi connectivity index (χ1n) is 7.78. The van der Waals surface area contributed by atoms with E-state index in [1.54, 1.807) is 23.9 Å². The van der Waals surface area contributed by atoms with Gasteiger partial charge in [0.2, 0.25) is 5.91 Å². The zero-order chi connectivity index (χ0) is 16.5. The number of nitrogens with one attached hydrogen (secondary N) is 1. The van der Waals surface area contributed by atoms with Crippen LogP contribution in [0.2, 0.25) is 0 Å². The van der Waals surface area contributed by atoms with Crippen LogP contribution in [0.1, 0.15) is 23.8 Å². The molecule has 0 aliphatic heterocycles. The van der Waals surface area contributed by atoms with Gasteiger partial charge in [0.25, 0.3) is 0 Å². The number of rotatable bonds is 4. The van der Waals surface area contributed by atoms with Crippen molar-refractivity contribution < 1.29 is 4.79 Å². The number of fused-ring (bicyclic) bond motifs is 3. The van der Waals surface area contributed by atoms with Gasteiger partial charge in [0, 0.05) is 21.8 Å². The summed E-state index contributed by atoms with van der Waals surface area (Å²) in [5.41, 5.74) is 1.40. The fraction of sp³-hybridized carbons (Fsp3) is 0.375. The molecule has 1 amide bonds. The fourth-order valence-corrected chi connectivity index (χ4v) is 5.72. The zero-order valence-electron chi connectivity index (χ0n) is 13.1. The number of anilines is 1. The number of hydrogen-bond acceptors (Lipinski definition) is 7. The van der Waals surface area contributed by atoms with E-state index in [4.69, 9.17) is 0 Å². The smallest absolute Gasteiger partial charge is 0.236 e. The number of aryl methyl sites for hydroxylation is 1. The standard InChI is InChI=1S/C16H16N4OS3/c1-9-2-3-10-11(6-9)24-15-13(10)14(18-8-19-15)23-7-12(21)20-16-17-4-5-22-16/h4-5,8-9H,2-3,6-7H2,1H3,(H,17,20,21). The second kappa shape index (κ2) is 6.78. The lowest BCUT2D eigenvalue weighted by Crippen LogP contribution is -2.14. The predicted octanol–water partition coefficient (Wildman–Crippen LogP) is 4.00. The van der Waals surface area contributed by atoms with Gasteiger partial charge in [-0.25, -0.2) is 15.0 Å². The molecule has 4 rings (SSSR count). The molecule has 0 saturated heterocycles. The third kappa shape index (κ3) is 3.18. The van der Waals surface area contributed by atoms with Gasteiger partial charge in [-0.05, 0) is 30.7 Å². The van der Waals surface area contributed by atoms with Crippen LogP contribution in [-0.4, -0.2) is 26.6 Å². The van der Waals surface area contributed by atoms with Gasteiger partial charge >= 0.3 is 0 Å². The minimum atomic E-state index is -0.0561. The van der Waals surface area contributed by atoms with Crippen molar-refractivity contribution in [2.45, 2.75) is 31.2 Å². The largest absolute Gasteiger partial charge is 0.301 e. The summed E-state index contributed by atoms with van der Waals surface area (Å²) in [4.78, 5) is 27.5. The number of nitrogens with zero attached hydrogens (tertiary/aromatic N) is 3. The lowest BCUT2D eigenvalue weighted by molar-refractivity contribution is -0.113. The molecule has 1 atom stereocenters. The highest BCUT2D eigenvalue weighted by molar-refractivity contribution is 8.00. The molecular formula is C16H16N4OS3. The maximum Gasteiger partial charge on any atom is 0.236 e. The van der Waals surface area contributed by atoms with Crippen LogP contribution in [-0.2, 0) is 17.6 Å². The van der Waals surface area contributed by atoms with Crippen molar-refractivity contribution in [3.63, 3.8) is 0 Å². The highest BCUT2D eigenvalue weighted by atomic mass is 32.2. The number of carbonyl (C=O) groups excluding carboxylic acids is 1. The van der Waals surface area contributed by atoms with E-state index in [-0.39, 0.29) is 5.91 Å². The quantitative estimate of drug-likeness (QED) is 0.550. The Bertz CT molecular complexity index is 875. The van der Waals surface area contributed by atoms with E-state index < -0.39 is 0 Å². The zero-order valence-corrected chi connectivity index (χ0v) is 15.6. The summed E-state index contributed by atoms with van der Waals surface area (Å²) in [5, 5.41) is 7.37. The number of aromatic nitrogens is 3. The average Bonchev–Trinajstić information content (AvgIpc) is 3.19. The van der Waals surface area contributed by atoms with Crippen LogP contribution in [0.5, 0.6) is 0 Å². The van der Waals surface area contributed by atoms with Crippen molar-refractivity contribution in [1.82, 2.24) is 15.0 Å². The first-order chi connectivity index (χ1) is 11.7. The van der Waals surface area contributed by atoms with Gasteiger partial charge in [-0.2, -0.15) is 0 Å². The van der Waals surface area contributed by atoms with Gasteiger partial charge in [0.05, 0.1) is 5.75 Å². The lowest BCUT2D eigenvalue weighted by atomic mass is 9.89. The van der Waals surface area contributed by atoms with Gasteiger partial charge < -0.3 is 5.32 Å². The van der Waals surface area contributed by atoms with Gasteiger partial charge in [0.15, 0.2) is 5.13 Å². The summed E-state index contributed by atoms with van der Waals surface area (Å²) in [5.74, 6) is 1.00. The molecule has 3 aromatic heterocycles. The Morgan fingerprint density at radius 3 is 3.17 bits per heavy atom. The van der Waals surface area contributed by atoms with Crippen LogP contribution in [0.15, 0.2) is 22.9 Å². The molecule has 0 radical (unpaired) electrons. The molecule has 0 spiro atoms. The monoisotopic (exact) mass is 376 g/mol. The van der Waals surface area contributed by atoms with Gasteiger partial charge in [-0.15, -0.1) is 22.7 Å². The van der Waals surface area contributed by atoms with Crippen molar-refractivity contribution in [2.75, 3.05) is 11.1 Å². The average molecular weight is 377 g/mol. The molecule has 0 fully saturated rings. The number of carbonyl (C=O) groups is 1. The van der Waals surface area contributed by atoms with E-state index in [0.717, 1.165) is 34.0 Å². The van der Waals surface area contributed by atoms with Gasteiger partial charge in [0.1, 0.15) is 16.2 Å². The summed E-state index contributed by atoms with van der Waals surface area (Å²) in [7, 11) is 0. The van der Waals surface area contributed by atoms with Crippen molar-refractivity contribution in [1.29, 1.82) is 0 Å². The minimum absolute atomic E-state index is 0.0561. The molecule has 3 aromatic rings. The molecule has 24 heavy (non-hydrogen) atoms. The van der Waals surface area contributed by atoms with Crippen LogP contribution in [0.4, 0.5) is 5.13 Å². The van der Waals surface area contributed by atoms with Crippen LogP contribution in [0, 0.1) is 5.92 Å². The first kappa shape index (κ1) is 16.0. The Morgan fingerprint density at radius 2 is 2.33 bits per heavy atom. The molecule has 5 nitrogen and oxygen atoms in total. The Labute approximate surface area is 151 Å². The Hall–Kier alpha value is -1.51. The number of thioether (sulfide) groups is 1. The molecule has 1 unspecified atom stereocenters. The number of thiophene rings is 1. The summed E-state index contributed by atoms with van der Waals surface area (Å²) in [6.07, 6.45) is 6.71. The topological polar surface area (TPSA) is 67.8 Å². The van der Waals surface area contributed by atoms with Gasteiger partial charge in [-0.1, -0.05) is 18.7 Å². The third-order valence-corrected chi connectivity index (χ3v) is 6.92. The Balaban J connectivity index is 1.55. The molecule has 124 valence electrons. The highest BCUT2D eigenvalue weighted by Gasteiger charge is 2.23. The highest BCUT2D eigenvalue weighted by Crippen LogP contribution is 2.40. The van der Waals surface area contributed by atoms with E-state index in [9.17, 15) is 4.79 Å². The van der Waals surface area contributed by atoms with Crippen LogP contribution < -0.4 is 5.32 Å². The minimum Gasteiger partial charge on any atom is -0.301 e. The van der Waals surface area contributed by atoms with E-state index in [2.05, 4.69) is 27.2 Å². The van der Waals surface area contributed by atoms with Gasteiger partial charge in [-0.3, -0.25) is 4.79 Å². The summed E-state index contributed by atoms with van der Waals surface area (Å²) >= 11 is 4.68. The van der Waals surface area contributed by atoms with Crippen molar-refractivity contribution >= 4 is 55.7 Å². The van der Waals surface area contributed by atoms with Crippen LogP contribution in [0.3, 0.4) is 0 Å².